The number of aryl methyl sites for hydroxylation is 3. The summed E-state index contributed by atoms with van der Waals surface area (Å²) in [4.78, 5) is 9.38. The number of guanidine groups is 1. The van der Waals surface area contributed by atoms with E-state index in [0.29, 0.717) is 13.1 Å². The molecule has 3 heterocycles. The highest BCUT2D eigenvalue weighted by Crippen LogP contribution is 2.16. The highest BCUT2D eigenvalue weighted by molar-refractivity contribution is 14.0. The van der Waals surface area contributed by atoms with Gasteiger partial charge >= 0.3 is 0 Å². The maximum Gasteiger partial charge on any atom is 0.191 e. The van der Waals surface area contributed by atoms with Gasteiger partial charge in [0.2, 0.25) is 0 Å². The number of nitrogens with zero attached hydrogens (tertiary/aromatic N) is 4. The molecular weight excluding hydrogens is 467 g/mol. The molecule has 0 bridgehead atoms. The van der Waals surface area contributed by atoms with Crippen LogP contribution < -0.4 is 10.6 Å². The first-order valence-electron chi connectivity index (χ1n) is 9.58. The predicted molar refractivity (Wildman–Crippen MR) is 122 cm³/mol. The lowest BCUT2D eigenvalue weighted by Crippen LogP contribution is -2.36. The van der Waals surface area contributed by atoms with Crippen molar-refractivity contribution < 1.29 is 4.52 Å². The number of halogens is 1. The molecule has 2 N–H and O–H groups in total. The topological polar surface area (TPSA) is 79.8 Å². The third kappa shape index (κ3) is 5.03. The van der Waals surface area contributed by atoms with E-state index in [0.717, 1.165) is 53.7 Å². The minimum absolute atomic E-state index is 0. The van der Waals surface area contributed by atoms with Crippen molar-refractivity contribution in [2.75, 3.05) is 6.54 Å². The lowest BCUT2D eigenvalue weighted by Gasteiger charge is -2.10. The number of pyridine rings is 1. The maximum absolute atomic E-state index is 5.43. The Bertz CT molecular complexity index is 909. The standard InChI is InChI=1S/C20H28N6O.HI/c1-5-17-16(18(6-2)27-25-17)12-23-20(21-7-3)22-11-15-13-26-14(4)9-8-10-19(26)24-15;/h8-10,13H,5-7,11-12H2,1-4H3,(H2,21,22,23);1H. The summed E-state index contributed by atoms with van der Waals surface area (Å²) in [6.45, 7) is 10.2. The van der Waals surface area contributed by atoms with Crippen molar-refractivity contribution in [3.63, 3.8) is 0 Å². The largest absolute Gasteiger partial charge is 0.361 e. The number of rotatable bonds is 7. The van der Waals surface area contributed by atoms with Gasteiger partial charge in [-0.15, -0.1) is 24.0 Å². The lowest BCUT2D eigenvalue weighted by molar-refractivity contribution is 0.380. The predicted octanol–water partition coefficient (Wildman–Crippen LogP) is 3.63. The first kappa shape index (κ1) is 22.2. The van der Waals surface area contributed by atoms with Crippen LogP contribution >= 0.6 is 24.0 Å². The highest BCUT2D eigenvalue weighted by Gasteiger charge is 2.13. The van der Waals surface area contributed by atoms with Crippen LogP contribution in [0.5, 0.6) is 0 Å². The summed E-state index contributed by atoms with van der Waals surface area (Å²) in [7, 11) is 0. The molecule has 0 fully saturated rings. The molecule has 3 aromatic rings. The van der Waals surface area contributed by atoms with E-state index in [1.54, 1.807) is 0 Å². The van der Waals surface area contributed by atoms with Gasteiger partial charge in [0.15, 0.2) is 5.96 Å². The average Bonchev–Trinajstić information content (AvgIpc) is 3.27. The van der Waals surface area contributed by atoms with Gasteiger partial charge in [-0.3, -0.25) is 0 Å². The molecule has 0 amide bonds. The van der Waals surface area contributed by atoms with Gasteiger partial charge in [0.05, 0.1) is 24.5 Å². The first-order chi connectivity index (χ1) is 13.2. The maximum atomic E-state index is 5.43. The molecule has 0 saturated heterocycles. The molecule has 0 aliphatic rings. The second kappa shape index (κ2) is 10.4. The van der Waals surface area contributed by atoms with Crippen molar-refractivity contribution in [2.45, 2.75) is 53.6 Å². The monoisotopic (exact) mass is 496 g/mol. The van der Waals surface area contributed by atoms with Gasteiger partial charge < -0.3 is 19.6 Å². The van der Waals surface area contributed by atoms with Crippen molar-refractivity contribution in [1.82, 2.24) is 25.2 Å². The van der Waals surface area contributed by atoms with Gasteiger partial charge in [0, 0.05) is 30.4 Å². The van der Waals surface area contributed by atoms with E-state index in [9.17, 15) is 0 Å². The number of aliphatic imine (C=N–C) groups is 1. The number of nitrogens with one attached hydrogen (secondary N) is 2. The average molecular weight is 496 g/mol. The van der Waals surface area contributed by atoms with Gasteiger partial charge in [-0.05, 0) is 32.4 Å². The Kier molecular flexibility index (Phi) is 8.28. The van der Waals surface area contributed by atoms with Crippen molar-refractivity contribution in [3.8, 4) is 0 Å². The van der Waals surface area contributed by atoms with E-state index >= 15 is 0 Å². The van der Waals surface area contributed by atoms with Crippen molar-refractivity contribution >= 4 is 35.6 Å². The molecule has 3 rings (SSSR count). The third-order valence-corrected chi connectivity index (χ3v) is 4.53. The molecule has 0 spiro atoms. The van der Waals surface area contributed by atoms with Crippen LogP contribution in [-0.4, -0.2) is 27.0 Å². The second-order valence-electron chi connectivity index (χ2n) is 6.41. The fourth-order valence-corrected chi connectivity index (χ4v) is 3.07. The van der Waals surface area contributed by atoms with Gasteiger partial charge in [-0.25, -0.2) is 9.98 Å². The van der Waals surface area contributed by atoms with E-state index in [2.05, 4.69) is 65.1 Å². The van der Waals surface area contributed by atoms with Crippen LogP contribution in [0, 0.1) is 6.92 Å². The van der Waals surface area contributed by atoms with Crippen LogP contribution in [0.15, 0.2) is 33.9 Å². The quantitative estimate of drug-likeness (QED) is 0.297. The highest BCUT2D eigenvalue weighted by atomic mass is 127. The summed E-state index contributed by atoms with van der Waals surface area (Å²) in [6, 6.07) is 6.11. The zero-order valence-corrected chi connectivity index (χ0v) is 19.3. The van der Waals surface area contributed by atoms with Gasteiger partial charge in [0.25, 0.3) is 0 Å². The minimum Gasteiger partial charge on any atom is -0.361 e. The van der Waals surface area contributed by atoms with E-state index in [1.807, 2.05) is 12.1 Å². The van der Waals surface area contributed by atoms with Crippen LogP contribution in [0.3, 0.4) is 0 Å². The zero-order valence-electron chi connectivity index (χ0n) is 17.0. The third-order valence-electron chi connectivity index (χ3n) is 4.53. The van der Waals surface area contributed by atoms with E-state index in [-0.39, 0.29) is 24.0 Å². The molecular formula is C20H29IN6O. The van der Waals surface area contributed by atoms with Crippen LogP contribution in [0.2, 0.25) is 0 Å². The molecule has 7 nitrogen and oxygen atoms in total. The summed E-state index contributed by atoms with van der Waals surface area (Å²) in [5.74, 6) is 1.68. The Hall–Kier alpha value is -2.10. The Morgan fingerprint density at radius 1 is 1.18 bits per heavy atom. The lowest BCUT2D eigenvalue weighted by atomic mass is 10.1. The Morgan fingerprint density at radius 3 is 2.68 bits per heavy atom. The number of aromatic nitrogens is 3. The molecule has 0 radical (unpaired) electrons. The fourth-order valence-electron chi connectivity index (χ4n) is 3.07. The summed E-state index contributed by atoms with van der Waals surface area (Å²) in [5.41, 5.74) is 5.18. The summed E-state index contributed by atoms with van der Waals surface area (Å²) in [6.07, 6.45) is 3.73. The molecule has 3 aromatic heterocycles. The summed E-state index contributed by atoms with van der Waals surface area (Å²) >= 11 is 0. The molecule has 0 saturated carbocycles. The van der Waals surface area contributed by atoms with Crippen LogP contribution in [0.4, 0.5) is 0 Å². The first-order valence-corrected chi connectivity index (χ1v) is 9.58. The van der Waals surface area contributed by atoms with E-state index in [4.69, 9.17) is 9.52 Å². The number of imidazole rings is 1. The molecule has 152 valence electrons. The van der Waals surface area contributed by atoms with Gasteiger partial charge in [-0.1, -0.05) is 25.1 Å². The molecule has 0 unspecified atom stereocenters. The van der Waals surface area contributed by atoms with Crippen LogP contribution in [0.1, 0.15) is 49.2 Å². The normalized spacial score (nSPS) is 11.5. The van der Waals surface area contributed by atoms with Gasteiger partial charge in [-0.2, -0.15) is 0 Å². The molecule has 28 heavy (non-hydrogen) atoms. The van der Waals surface area contributed by atoms with E-state index < -0.39 is 0 Å². The minimum atomic E-state index is 0. The molecule has 0 aromatic carbocycles. The van der Waals surface area contributed by atoms with Crippen molar-refractivity contribution in [2.24, 2.45) is 4.99 Å². The number of hydrogen-bond acceptors (Lipinski definition) is 4. The van der Waals surface area contributed by atoms with Crippen LogP contribution in [-0.2, 0) is 25.9 Å². The molecule has 0 aliphatic carbocycles. The Balaban J connectivity index is 0.00000280. The molecule has 8 heteroatoms. The summed E-state index contributed by atoms with van der Waals surface area (Å²) in [5, 5.41) is 10.8. The summed E-state index contributed by atoms with van der Waals surface area (Å²) < 4.78 is 7.53. The molecule has 0 aliphatic heterocycles. The molecule has 0 atom stereocenters. The van der Waals surface area contributed by atoms with E-state index in [1.165, 1.54) is 5.69 Å². The Labute approximate surface area is 183 Å². The van der Waals surface area contributed by atoms with Crippen molar-refractivity contribution in [3.05, 3.63) is 52.8 Å². The van der Waals surface area contributed by atoms with Crippen molar-refractivity contribution in [1.29, 1.82) is 0 Å². The number of fused-ring (bicyclic) bond motifs is 1. The zero-order chi connectivity index (χ0) is 19.2. The number of hydrogen-bond donors (Lipinski definition) is 2. The van der Waals surface area contributed by atoms with Crippen LogP contribution in [0.25, 0.3) is 5.65 Å². The Morgan fingerprint density at radius 2 is 2.00 bits per heavy atom. The SMILES string of the molecule is CCNC(=NCc1c(CC)noc1CC)NCc1cn2c(C)cccc2n1.I. The smallest absolute Gasteiger partial charge is 0.191 e. The van der Waals surface area contributed by atoms with Gasteiger partial charge in [0.1, 0.15) is 11.4 Å². The second-order valence-corrected chi connectivity index (χ2v) is 6.41. The fraction of sp³-hybridized carbons (Fsp3) is 0.450.